The van der Waals surface area contributed by atoms with Gasteiger partial charge in [-0.25, -0.2) is 0 Å². The maximum atomic E-state index is 3.63. The topological polar surface area (TPSA) is 4.93 Å². The van der Waals surface area contributed by atoms with Crippen LogP contribution in [-0.4, -0.2) is 4.57 Å². The summed E-state index contributed by atoms with van der Waals surface area (Å²) in [5, 5.41) is 2.53. The second-order valence-corrected chi connectivity index (χ2v) is 10.5. The van der Waals surface area contributed by atoms with Crippen molar-refractivity contribution in [1.82, 2.24) is 4.57 Å². The van der Waals surface area contributed by atoms with Crippen molar-refractivity contribution in [3.05, 3.63) is 150 Å². The zero-order valence-electron chi connectivity index (χ0n) is 20.7. The molecule has 0 radical (unpaired) electrons. The Balaban J connectivity index is 1.34. The average Bonchev–Trinajstić information content (AvgIpc) is 3.31. The highest BCUT2D eigenvalue weighted by Crippen LogP contribution is 2.36. The normalized spacial score (nSPS) is 11.3. The van der Waals surface area contributed by atoms with Crippen molar-refractivity contribution in [2.45, 2.75) is 0 Å². The highest BCUT2D eigenvalue weighted by molar-refractivity contribution is 9.10. The van der Waals surface area contributed by atoms with Crippen LogP contribution < -0.4 is 0 Å². The number of rotatable bonds is 4. The molecule has 0 spiro atoms. The summed E-state index contributed by atoms with van der Waals surface area (Å²) in [6.07, 6.45) is 0. The van der Waals surface area contributed by atoms with Gasteiger partial charge in [0.25, 0.3) is 0 Å². The Hall–Kier alpha value is -4.40. The molecule has 0 unspecified atom stereocenters. The van der Waals surface area contributed by atoms with E-state index in [0.29, 0.717) is 0 Å². The molecular weight excluding hydrogens is 526 g/mol. The van der Waals surface area contributed by atoms with E-state index in [1.165, 1.54) is 55.2 Å². The molecule has 0 amide bonds. The summed E-state index contributed by atoms with van der Waals surface area (Å²) in [5.41, 5.74) is 10.9. The second-order valence-electron chi connectivity index (χ2n) is 9.59. The Morgan fingerprint density at radius 3 is 1.68 bits per heavy atom. The van der Waals surface area contributed by atoms with Crippen molar-refractivity contribution >= 4 is 37.7 Å². The first-order valence-electron chi connectivity index (χ1n) is 12.8. The molecule has 7 rings (SSSR count). The fourth-order valence-electron chi connectivity index (χ4n) is 5.41. The van der Waals surface area contributed by atoms with Crippen molar-refractivity contribution in [3.63, 3.8) is 0 Å². The number of nitrogens with zero attached hydrogens (tertiary/aromatic N) is 1. The second kappa shape index (κ2) is 9.48. The van der Waals surface area contributed by atoms with Crippen LogP contribution in [0.15, 0.2) is 150 Å². The lowest BCUT2D eigenvalue weighted by molar-refractivity contribution is 1.18. The minimum Gasteiger partial charge on any atom is -0.309 e. The zero-order valence-corrected chi connectivity index (χ0v) is 22.3. The van der Waals surface area contributed by atoms with Gasteiger partial charge in [0, 0.05) is 20.9 Å². The zero-order chi connectivity index (χ0) is 25.5. The molecular formula is C36H24BrN. The molecule has 0 aliphatic rings. The predicted molar refractivity (Wildman–Crippen MR) is 165 cm³/mol. The first-order valence-corrected chi connectivity index (χ1v) is 13.6. The van der Waals surface area contributed by atoms with Gasteiger partial charge in [-0.3, -0.25) is 0 Å². The summed E-state index contributed by atoms with van der Waals surface area (Å²) < 4.78 is 3.47. The predicted octanol–water partition coefficient (Wildman–Crippen LogP) is 10.5. The molecule has 0 aliphatic heterocycles. The third-order valence-corrected chi connectivity index (χ3v) is 7.75. The van der Waals surface area contributed by atoms with E-state index in [1.54, 1.807) is 0 Å². The van der Waals surface area contributed by atoms with Crippen LogP contribution in [0, 0.1) is 0 Å². The molecule has 0 aliphatic carbocycles. The molecule has 1 heterocycles. The van der Waals surface area contributed by atoms with Crippen LogP contribution in [0.3, 0.4) is 0 Å². The summed E-state index contributed by atoms with van der Waals surface area (Å²) in [7, 11) is 0. The van der Waals surface area contributed by atoms with Crippen molar-refractivity contribution in [2.24, 2.45) is 0 Å². The van der Waals surface area contributed by atoms with E-state index in [1.807, 2.05) is 0 Å². The van der Waals surface area contributed by atoms with E-state index in [-0.39, 0.29) is 0 Å². The summed E-state index contributed by atoms with van der Waals surface area (Å²) >= 11 is 3.63. The van der Waals surface area contributed by atoms with Crippen LogP contribution in [0.1, 0.15) is 0 Å². The Morgan fingerprint density at radius 2 is 0.921 bits per heavy atom. The van der Waals surface area contributed by atoms with Crippen LogP contribution in [0.4, 0.5) is 0 Å². The highest BCUT2D eigenvalue weighted by atomic mass is 79.9. The average molecular weight is 550 g/mol. The van der Waals surface area contributed by atoms with Gasteiger partial charge in [-0.15, -0.1) is 0 Å². The minimum absolute atomic E-state index is 1.09. The van der Waals surface area contributed by atoms with Gasteiger partial charge in [-0.05, 0) is 75.8 Å². The summed E-state index contributed by atoms with van der Waals surface area (Å²) in [4.78, 5) is 0. The monoisotopic (exact) mass is 549 g/mol. The molecule has 180 valence electrons. The Morgan fingerprint density at radius 1 is 0.368 bits per heavy atom. The lowest BCUT2D eigenvalue weighted by Gasteiger charge is -2.11. The quantitative estimate of drug-likeness (QED) is 0.205. The van der Waals surface area contributed by atoms with Crippen LogP contribution in [-0.2, 0) is 0 Å². The first kappa shape index (κ1) is 22.8. The number of benzene rings is 6. The van der Waals surface area contributed by atoms with Crippen LogP contribution >= 0.6 is 15.9 Å². The Kier molecular flexibility index (Phi) is 5.68. The standard InChI is InChI=1S/C36H24BrN/c37-31-13-7-12-29(23-31)30-18-21-34-33-14-4-5-15-35(33)38(36(34)24-30)32-19-16-26(17-20-32)28-11-6-10-27(22-28)25-8-2-1-3-9-25/h1-24H. The van der Waals surface area contributed by atoms with Gasteiger partial charge in [-0.2, -0.15) is 0 Å². The summed E-state index contributed by atoms with van der Waals surface area (Å²) in [6.45, 7) is 0. The first-order chi connectivity index (χ1) is 18.7. The Bertz CT molecular complexity index is 1910. The van der Waals surface area contributed by atoms with Crippen molar-refractivity contribution in [1.29, 1.82) is 0 Å². The van der Waals surface area contributed by atoms with Gasteiger partial charge in [0.1, 0.15) is 0 Å². The van der Waals surface area contributed by atoms with Crippen molar-refractivity contribution < 1.29 is 0 Å². The highest BCUT2D eigenvalue weighted by Gasteiger charge is 2.13. The molecule has 38 heavy (non-hydrogen) atoms. The largest absolute Gasteiger partial charge is 0.309 e. The van der Waals surface area contributed by atoms with Gasteiger partial charge in [-0.1, -0.05) is 119 Å². The molecule has 1 aromatic heterocycles. The SMILES string of the molecule is Brc1cccc(-c2ccc3c4ccccc4n(-c4ccc(-c5cccc(-c6ccccc6)c5)cc4)c3c2)c1. The maximum absolute atomic E-state index is 3.63. The molecule has 0 saturated heterocycles. The van der Waals surface area contributed by atoms with E-state index in [4.69, 9.17) is 0 Å². The van der Waals surface area contributed by atoms with Crippen LogP contribution in [0.25, 0.3) is 60.9 Å². The van der Waals surface area contributed by atoms with Gasteiger partial charge in [0.05, 0.1) is 11.0 Å². The third-order valence-electron chi connectivity index (χ3n) is 7.26. The molecule has 7 aromatic rings. The fourth-order valence-corrected chi connectivity index (χ4v) is 5.81. The van der Waals surface area contributed by atoms with E-state index in [9.17, 15) is 0 Å². The number of para-hydroxylation sites is 1. The van der Waals surface area contributed by atoms with Gasteiger partial charge >= 0.3 is 0 Å². The van der Waals surface area contributed by atoms with Crippen molar-refractivity contribution in [2.75, 3.05) is 0 Å². The van der Waals surface area contributed by atoms with E-state index in [0.717, 1.165) is 10.2 Å². The molecule has 0 atom stereocenters. The third kappa shape index (κ3) is 4.04. The molecule has 0 bridgehead atoms. The smallest absolute Gasteiger partial charge is 0.0547 e. The molecule has 6 aromatic carbocycles. The van der Waals surface area contributed by atoms with E-state index in [2.05, 4.69) is 166 Å². The molecule has 1 nitrogen and oxygen atoms in total. The van der Waals surface area contributed by atoms with Crippen LogP contribution in [0.5, 0.6) is 0 Å². The maximum Gasteiger partial charge on any atom is 0.0547 e. The molecule has 0 N–H and O–H groups in total. The fraction of sp³-hybridized carbons (Fsp3) is 0. The lowest BCUT2D eigenvalue weighted by atomic mass is 9.99. The van der Waals surface area contributed by atoms with E-state index < -0.39 is 0 Å². The Labute approximate surface area is 230 Å². The molecule has 2 heteroatoms. The number of hydrogen-bond donors (Lipinski definition) is 0. The van der Waals surface area contributed by atoms with Crippen LogP contribution in [0.2, 0.25) is 0 Å². The summed E-state index contributed by atoms with van der Waals surface area (Å²) in [6, 6.07) is 52.2. The lowest BCUT2D eigenvalue weighted by Crippen LogP contribution is -1.94. The minimum atomic E-state index is 1.09. The van der Waals surface area contributed by atoms with Gasteiger partial charge in [0.15, 0.2) is 0 Å². The number of halogens is 1. The van der Waals surface area contributed by atoms with Gasteiger partial charge < -0.3 is 4.57 Å². The molecule has 0 fully saturated rings. The van der Waals surface area contributed by atoms with Gasteiger partial charge in [0.2, 0.25) is 0 Å². The van der Waals surface area contributed by atoms with Crippen molar-refractivity contribution in [3.8, 4) is 39.1 Å². The van der Waals surface area contributed by atoms with E-state index >= 15 is 0 Å². The summed E-state index contributed by atoms with van der Waals surface area (Å²) in [5.74, 6) is 0. The number of fused-ring (bicyclic) bond motifs is 3. The number of hydrogen-bond acceptors (Lipinski definition) is 0. The molecule has 0 saturated carbocycles. The number of aromatic nitrogens is 1.